The van der Waals surface area contributed by atoms with Crippen LogP contribution in [0.4, 0.5) is 13.2 Å². The molecule has 0 heterocycles. The largest absolute Gasteiger partial charge is 0.501 e. The maximum Gasteiger partial charge on any atom is 0.454 e. The van der Waals surface area contributed by atoms with Gasteiger partial charge < -0.3 is 14.2 Å². The van der Waals surface area contributed by atoms with Crippen LogP contribution in [0.25, 0.3) is 0 Å². The van der Waals surface area contributed by atoms with Gasteiger partial charge in [-0.25, -0.2) is 0 Å². The van der Waals surface area contributed by atoms with Crippen LogP contribution in [0.5, 0.6) is 0 Å². The Bertz CT molecular complexity index is 256. The summed E-state index contributed by atoms with van der Waals surface area (Å²) in [5.74, 6) is -2.13. The fraction of sp³-hybridized carbons (Fsp3) is 0.667. The van der Waals surface area contributed by atoms with Crippen molar-refractivity contribution in [2.75, 3.05) is 21.3 Å². The van der Waals surface area contributed by atoms with Gasteiger partial charge in [0.1, 0.15) is 5.76 Å². The SMILES string of the molecule is COC(=CC(=O)C(F)(F)F)CC(OC)OC. The molecule has 0 saturated heterocycles. The normalized spacial score (nSPS) is 13.1. The molecule has 0 aromatic rings. The number of hydrogen-bond donors (Lipinski definition) is 0. The lowest BCUT2D eigenvalue weighted by molar-refractivity contribution is -0.165. The van der Waals surface area contributed by atoms with Crippen LogP contribution in [0, 0.1) is 0 Å². The topological polar surface area (TPSA) is 44.8 Å². The minimum atomic E-state index is -4.90. The quantitative estimate of drug-likeness (QED) is 0.403. The third kappa shape index (κ3) is 5.13. The zero-order chi connectivity index (χ0) is 12.8. The van der Waals surface area contributed by atoms with Gasteiger partial charge in [-0.1, -0.05) is 0 Å². The minimum absolute atomic E-state index is 0.0781. The van der Waals surface area contributed by atoms with Gasteiger partial charge in [-0.15, -0.1) is 0 Å². The number of halogens is 3. The maximum absolute atomic E-state index is 11.9. The molecular formula is C9H13F3O4. The molecule has 0 amide bonds. The summed E-state index contributed by atoms with van der Waals surface area (Å²) in [5, 5.41) is 0. The van der Waals surface area contributed by atoms with E-state index in [1.807, 2.05) is 0 Å². The molecule has 0 aliphatic heterocycles. The second-order valence-electron chi connectivity index (χ2n) is 2.78. The molecule has 0 aliphatic carbocycles. The molecule has 0 aromatic carbocycles. The zero-order valence-electron chi connectivity index (χ0n) is 9.13. The Balaban J connectivity index is 4.60. The van der Waals surface area contributed by atoms with Crippen molar-refractivity contribution in [3.05, 3.63) is 11.8 Å². The van der Waals surface area contributed by atoms with Crippen molar-refractivity contribution < 1.29 is 32.2 Å². The number of rotatable bonds is 6. The minimum Gasteiger partial charge on any atom is -0.501 e. The van der Waals surface area contributed by atoms with E-state index in [4.69, 9.17) is 9.47 Å². The molecule has 7 heteroatoms. The molecule has 0 radical (unpaired) electrons. The molecule has 94 valence electrons. The Hall–Kier alpha value is -1.08. The maximum atomic E-state index is 11.9. The molecule has 4 nitrogen and oxygen atoms in total. The van der Waals surface area contributed by atoms with Crippen LogP contribution in [0.1, 0.15) is 6.42 Å². The number of carbonyl (C=O) groups excluding carboxylic acids is 1. The predicted octanol–water partition coefficient (Wildman–Crippen LogP) is 1.66. The first-order chi connectivity index (χ1) is 7.35. The van der Waals surface area contributed by atoms with Crippen LogP contribution in [-0.4, -0.2) is 39.6 Å². The van der Waals surface area contributed by atoms with Gasteiger partial charge >= 0.3 is 6.18 Å². The van der Waals surface area contributed by atoms with Gasteiger partial charge in [0.05, 0.1) is 13.5 Å². The average Bonchev–Trinajstić information content (AvgIpc) is 2.22. The van der Waals surface area contributed by atoms with Crippen LogP contribution in [0.2, 0.25) is 0 Å². The van der Waals surface area contributed by atoms with Gasteiger partial charge in [-0.2, -0.15) is 13.2 Å². The van der Waals surface area contributed by atoms with E-state index >= 15 is 0 Å². The van der Waals surface area contributed by atoms with E-state index in [9.17, 15) is 18.0 Å². The highest BCUT2D eigenvalue weighted by Crippen LogP contribution is 2.19. The first kappa shape index (κ1) is 14.9. The summed E-state index contributed by atoms with van der Waals surface area (Å²) in [5.41, 5.74) is 0. The van der Waals surface area contributed by atoms with Crippen LogP contribution in [-0.2, 0) is 19.0 Å². The van der Waals surface area contributed by atoms with Gasteiger partial charge in [-0.05, 0) is 0 Å². The van der Waals surface area contributed by atoms with E-state index in [0.29, 0.717) is 6.08 Å². The summed E-state index contributed by atoms with van der Waals surface area (Å²) in [6, 6.07) is 0. The Morgan fingerprint density at radius 2 is 1.75 bits per heavy atom. The Kier molecular flexibility index (Phi) is 6.05. The molecule has 0 aromatic heterocycles. The molecule has 0 spiro atoms. The van der Waals surface area contributed by atoms with Gasteiger partial charge in [0, 0.05) is 20.3 Å². The van der Waals surface area contributed by atoms with E-state index < -0.39 is 18.2 Å². The van der Waals surface area contributed by atoms with E-state index in [1.165, 1.54) is 14.2 Å². The Morgan fingerprint density at radius 3 is 2.06 bits per heavy atom. The molecule has 16 heavy (non-hydrogen) atoms. The molecule has 0 aliphatic rings. The number of ketones is 1. The Morgan fingerprint density at radius 1 is 1.25 bits per heavy atom. The van der Waals surface area contributed by atoms with Gasteiger partial charge in [0.15, 0.2) is 6.29 Å². The highest BCUT2D eigenvalue weighted by atomic mass is 19.4. The summed E-state index contributed by atoms with van der Waals surface area (Å²) in [7, 11) is 3.82. The van der Waals surface area contributed by atoms with Crippen LogP contribution in [0.3, 0.4) is 0 Å². The third-order valence-electron chi connectivity index (χ3n) is 1.73. The van der Waals surface area contributed by atoms with Crippen molar-refractivity contribution in [3.8, 4) is 0 Å². The van der Waals surface area contributed by atoms with E-state index in [2.05, 4.69) is 4.74 Å². The molecule has 0 rings (SSSR count). The highest BCUT2D eigenvalue weighted by molar-refractivity contribution is 5.94. The summed E-state index contributed by atoms with van der Waals surface area (Å²) in [6.07, 6.45) is -5.36. The van der Waals surface area contributed by atoms with Crippen molar-refractivity contribution in [1.29, 1.82) is 0 Å². The number of hydrogen-bond acceptors (Lipinski definition) is 4. The molecule has 0 bridgehead atoms. The summed E-state index contributed by atoms with van der Waals surface area (Å²) in [6.45, 7) is 0. The van der Waals surface area contributed by atoms with Crippen molar-refractivity contribution in [2.45, 2.75) is 18.9 Å². The molecule has 0 atom stereocenters. The van der Waals surface area contributed by atoms with Gasteiger partial charge in [0.25, 0.3) is 5.78 Å². The number of carbonyl (C=O) groups is 1. The fourth-order valence-electron chi connectivity index (χ4n) is 0.856. The predicted molar refractivity (Wildman–Crippen MR) is 48.6 cm³/mol. The van der Waals surface area contributed by atoms with Crippen molar-refractivity contribution in [2.24, 2.45) is 0 Å². The molecule has 0 fully saturated rings. The summed E-state index contributed by atoms with van der Waals surface area (Å²) in [4.78, 5) is 10.6. The lowest BCUT2D eigenvalue weighted by atomic mass is 10.2. The van der Waals surface area contributed by atoms with Gasteiger partial charge in [-0.3, -0.25) is 4.79 Å². The van der Waals surface area contributed by atoms with Crippen molar-refractivity contribution in [3.63, 3.8) is 0 Å². The van der Waals surface area contributed by atoms with E-state index in [1.54, 1.807) is 0 Å². The molecular weight excluding hydrogens is 229 g/mol. The first-order valence-electron chi connectivity index (χ1n) is 4.26. The van der Waals surface area contributed by atoms with Gasteiger partial charge in [0.2, 0.25) is 0 Å². The number of allylic oxidation sites excluding steroid dienone is 1. The lowest BCUT2D eigenvalue weighted by Gasteiger charge is -2.14. The number of alkyl halides is 3. The zero-order valence-corrected chi connectivity index (χ0v) is 9.13. The first-order valence-corrected chi connectivity index (χ1v) is 4.26. The average molecular weight is 242 g/mol. The van der Waals surface area contributed by atoms with Crippen molar-refractivity contribution >= 4 is 5.78 Å². The smallest absolute Gasteiger partial charge is 0.454 e. The molecule has 0 N–H and O–H groups in total. The highest BCUT2D eigenvalue weighted by Gasteiger charge is 2.37. The van der Waals surface area contributed by atoms with E-state index in [-0.39, 0.29) is 12.2 Å². The standard InChI is InChI=1S/C9H13F3O4/c1-14-6(5-8(15-2)16-3)4-7(13)9(10,11)12/h4,8H,5H2,1-3H3. The van der Waals surface area contributed by atoms with Crippen LogP contribution in [0.15, 0.2) is 11.8 Å². The van der Waals surface area contributed by atoms with Crippen molar-refractivity contribution in [1.82, 2.24) is 0 Å². The second kappa shape index (κ2) is 6.49. The molecule has 0 unspecified atom stereocenters. The summed E-state index contributed by atoms with van der Waals surface area (Å²) >= 11 is 0. The van der Waals surface area contributed by atoms with Crippen LogP contribution < -0.4 is 0 Å². The third-order valence-corrected chi connectivity index (χ3v) is 1.73. The fourth-order valence-corrected chi connectivity index (χ4v) is 0.856. The monoisotopic (exact) mass is 242 g/mol. The summed E-state index contributed by atoms with van der Waals surface area (Å²) < 4.78 is 50.0. The second-order valence-corrected chi connectivity index (χ2v) is 2.78. The Labute approximate surface area is 91.0 Å². The van der Waals surface area contributed by atoms with Crippen LogP contribution >= 0.6 is 0 Å². The number of ether oxygens (including phenoxy) is 3. The van der Waals surface area contributed by atoms with E-state index in [0.717, 1.165) is 7.11 Å². The number of methoxy groups -OCH3 is 3. The lowest BCUT2D eigenvalue weighted by Crippen LogP contribution is -2.22. The molecule has 0 saturated carbocycles.